The van der Waals surface area contributed by atoms with Gasteiger partial charge in [-0.1, -0.05) is 72.5 Å². The molecule has 39 heavy (non-hydrogen) atoms. The van der Waals surface area contributed by atoms with Gasteiger partial charge >= 0.3 is 6.09 Å². The van der Waals surface area contributed by atoms with Crippen molar-refractivity contribution in [2.45, 2.75) is 132 Å². The first kappa shape index (κ1) is 30.9. The number of ether oxygens (including phenoxy) is 1. The molecule has 0 heterocycles. The normalized spacial score (nSPS) is 36.5. The van der Waals surface area contributed by atoms with Crippen molar-refractivity contribution in [2.24, 2.45) is 46.3 Å². The zero-order chi connectivity index (χ0) is 28.2. The monoisotopic (exact) mass is 542 g/mol. The summed E-state index contributed by atoms with van der Waals surface area (Å²) in [6.07, 6.45) is 17.9. The van der Waals surface area contributed by atoms with Crippen molar-refractivity contribution >= 4 is 6.09 Å². The first-order valence-corrected chi connectivity index (χ1v) is 17.0. The predicted octanol–water partition coefficient (Wildman–Crippen LogP) is 8.85. The number of nitrogens with zero attached hydrogens (tertiary/aromatic N) is 1. The Morgan fingerprint density at radius 3 is 2.56 bits per heavy atom. The Morgan fingerprint density at radius 2 is 1.85 bits per heavy atom. The first-order valence-electron chi connectivity index (χ1n) is 17.0. The Hall–Kier alpha value is -1.03. The van der Waals surface area contributed by atoms with Gasteiger partial charge in [0.25, 0.3) is 0 Å². The van der Waals surface area contributed by atoms with E-state index in [4.69, 9.17) is 4.74 Å². The number of hydrogen-bond acceptors (Lipinski definition) is 3. The van der Waals surface area contributed by atoms with Gasteiger partial charge in [-0.15, -0.1) is 0 Å². The fourth-order valence-electron chi connectivity index (χ4n) is 9.92. The zero-order valence-electron chi connectivity index (χ0n) is 26.7. The highest BCUT2D eigenvalue weighted by Gasteiger charge is 2.59. The van der Waals surface area contributed by atoms with Crippen LogP contribution in [0.2, 0.25) is 0 Å². The lowest BCUT2D eigenvalue weighted by atomic mass is 9.47. The number of amides is 1. The van der Waals surface area contributed by atoms with Crippen LogP contribution in [0.3, 0.4) is 0 Å². The van der Waals surface area contributed by atoms with Crippen molar-refractivity contribution in [1.29, 1.82) is 0 Å². The van der Waals surface area contributed by atoms with Gasteiger partial charge in [0.15, 0.2) is 0 Å². The van der Waals surface area contributed by atoms with E-state index in [1.165, 1.54) is 57.8 Å². The molecular weight excluding hydrogens is 480 g/mol. The van der Waals surface area contributed by atoms with Crippen LogP contribution in [0.15, 0.2) is 11.6 Å². The van der Waals surface area contributed by atoms with Crippen LogP contribution in [0.4, 0.5) is 4.79 Å². The molecule has 0 aromatic heterocycles. The Kier molecular flexibility index (Phi) is 10.5. The first-order chi connectivity index (χ1) is 18.6. The molecule has 4 heteroatoms. The van der Waals surface area contributed by atoms with Gasteiger partial charge in [-0.25, -0.2) is 4.79 Å². The maximum atomic E-state index is 13.0. The third-order valence-electron chi connectivity index (χ3n) is 12.2. The second-order valence-corrected chi connectivity index (χ2v) is 14.8. The molecule has 4 aliphatic rings. The summed E-state index contributed by atoms with van der Waals surface area (Å²) in [6, 6.07) is 0. The van der Waals surface area contributed by atoms with Gasteiger partial charge in [-0.2, -0.15) is 0 Å². The molecule has 0 saturated heterocycles. The highest BCUT2D eigenvalue weighted by atomic mass is 16.6. The van der Waals surface area contributed by atoms with Crippen LogP contribution in [-0.4, -0.2) is 43.3 Å². The highest BCUT2D eigenvalue weighted by Crippen LogP contribution is 2.67. The number of carbonyl (C=O) groups is 1. The molecule has 3 fully saturated rings. The second-order valence-electron chi connectivity index (χ2n) is 14.8. The van der Waals surface area contributed by atoms with Crippen LogP contribution in [0.5, 0.6) is 0 Å². The summed E-state index contributed by atoms with van der Waals surface area (Å²) in [5.41, 5.74) is 2.47. The van der Waals surface area contributed by atoms with E-state index in [0.29, 0.717) is 10.8 Å². The van der Waals surface area contributed by atoms with Crippen molar-refractivity contribution in [3.63, 3.8) is 0 Å². The molecule has 3 saturated carbocycles. The average Bonchev–Trinajstić information content (AvgIpc) is 3.26. The van der Waals surface area contributed by atoms with Crippen LogP contribution < -0.4 is 5.32 Å². The van der Waals surface area contributed by atoms with Crippen molar-refractivity contribution in [2.75, 3.05) is 26.2 Å². The van der Waals surface area contributed by atoms with Crippen LogP contribution in [0.1, 0.15) is 126 Å². The van der Waals surface area contributed by atoms with E-state index in [-0.39, 0.29) is 12.2 Å². The molecule has 4 unspecified atom stereocenters. The topological polar surface area (TPSA) is 41.6 Å². The Balaban J connectivity index is 1.36. The van der Waals surface area contributed by atoms with E-state index in [1.807, 2.05) is 4.90 Å². The highest BCUT2D eigenvalue weighted by molar-refractivity contribution is 5.67. The smallest absolute Gasteiger partial charge is 0.410 e. The van der Waals surface area contributed by atoms with Gasteiger partial charge in [0, 0.05) is 19.5 Å². The number of carbonyl (C=O) groups excluding carboxylic acids is 1. The molecule has 1 amide bonds. The second kappa shape index (κ2) is 13.3. The fraction of sp³-hybridized carbons (Fsp3) is 0.914. The molecule has 0 aromatic carbocycles. The molecule has 224 valence electrons. The molecule has 0 spiro atoms. The minimum Gasteiger partial charge on any atom is -0.446 e. The van der Waals surface area contributed by atoms with Crippen LogP contribution in [-0.2, 0) is 4.74 Å². The maximum Gasteiger partial charge on any atom is 0.410 e. The van der Waals surface area contributed by atoms with E-state index >= 15 is 0 Å². The number of fused-ring (bicyclic) bond motifs is 5. The van der Waals surface area contributed by atoms with Gasteiger partial charge in [0.2, 0.25) is 0 Å². The fourth-order valence-corrected chi connectivity index (χ4v) is 9.92. The summed E-state index contributed by atoms with van der Waals surface area (Å²) in [5.74, 6) is 5.21. The SMILES string of the molecule is CCNCCCN(CC)C(=O)OC1CC[C@@]2(C)C(=CCC3C2CC[C@@]2(C)C3CC[C@@H]2[C@H](C)CCCC(C)C)C1. The van der Waals surface area contributed by atoms with E-state index in [1.54, 1.807) is 5.57 Å². The van der Waals surface area contributed by atoms with E-state index in [0.717, 1.165) is 80.9 Å². The Labute approximate surface area is 241 Å². The van der Waals surface area contributed by atoms with Gasteiger partial charge < -0.3 is 15.0 Å². The Bertz CT molecular complexity index is 839. The minimum absolute atomic E-state index is 0.0487. The maximum absolute atomic E-state index is 13.0. The van der Waals surface area contributed by atoms with E-state index in [9.17, 15) is 4.79 Å². The van der Waals surface area contributed by atoms with Crippen LogP contribution in [0, 0.1) is 46.3 Å². The summed E-state index contributed by atoms with van der Waals surface area (Å²) < 4.78 is 6.13. The lowest BCUT2D eigenvalue weighted by molar-refractivity contribution is -0.0593. The van der Waals surface area contributed by atoms with Crippen molar-refractivity contribution in [1.82, 2.24) is 10.2 Å². The molecule has 1 N–H and O–H groups in total. The average molecular weight is 543 g/mol. The van der Waals surface area contributed by atoms with E-state index in [2.05, 4.69) is 59.9 Å². The summed E-state index contributed by atoms with van der Waals surface area (Å²) in [7, 11) is 0. The third-order valence-corrected chi connectivity index (χ3v) is 12.2. The molecule has 4 aliphatic carbocycles. The number of hydrogen-bond donors (Lipinski definition) is 1. The molecule has 8 atom stereocenters. The quantitative estimate of drug-likeness (QED) is 0.198. The lowest BCUT2D eigenvalue weighted by Gasteiger charge is -2.58. The Morgan fingerprint density at radius 1 is 1.05 bits per heavy atom. The molecule has 0 aromatic rings. The van der Waals surface area contributed by atoms with Crippen LogP contribution >= 0.6 is 0 Å². The molecule has 0 bridgehead atoms. The summed E-state index contributed by atoms with van der Waals surface area (Å²) >= 11 is 0. The standard InChI is InChI=1S/C35H62N2O2/c1-8-36-22-11-23-37(9-2)33(38)39-28-18-20-34(6)27(24-28)14-15-29-31-17-16-30(26(5)13-10-12-25(3)4)35(31,7)21-19-32(29)34/h14,25-26,28-32,36H,8-13,15-24H2,1-7H3/t26-,28?,29?,30-,31?,32?,34+,35-/m1/s1. The van der Waals surface area contributed by atoms with Crippen LogP contribution in [0.25, 0.3) is 0 Å². The van der Waals surface area contributed by atoms with Gasteiger partial charge in [-0.05, 0) is 118 Å². The molecular formula is C35H62N2O2. The van der Waals surface area contributed by atoms with E-state index < -0.39 is 0 Å². The van der Waals surface area contributed by atoms with Crippen molar-refractivity contribution < 1.29 is 9.53 Å². The predicted molar refractivity (Wildman–Crippen MR) is 164 cm³/mol. The molecule has 0 radical (unpaired) electrons. The van der Waals surface area contributed by atoms with Crippen molar-refractivity contribution in [3.8, 4) is 0 Å². The number of rotatable bonds is 12. The number of nitrogens with one attached hydrogen (secondary N) is 1. The minimum atomic E-state index is -0.107. The summed E-state index contributed by atoms with van der Waals surface area (Å²) in [4.78, 5) is 14.9. The summed E-state index contributed by atoms with van der Waals surface area (Å²) in [6.45, 7) is 20.2. The van der Waals surface area contributed by atoms with Crippen molar-refractivity contribution in [3.05, 3.63) is 11.6 Å². The largest absolute Gasteiger partial charge is 0.446 e. The zero-order valence-corrected chi connectivity index (χ0v) is 26.7. The van der Waals surface area contributed by atoms with Gasteiger partial charge in [0.05, 0.1) is 0 Å². The molecule has 0 aliphatic heterocycles. The van der Waals surface area contributed by atoms with Gasteiger partial charge in [0.1, 0.15) is 6.10 Å². The summed E-state index contributed by atoms with van der Waals surface area (Å²) in [5, 5.41) is 3.36. The number of allylic oxidation sites excluding steroid dienone is 1. The lowest BCUT2D eigenvalue weighted by Crippen LogP contribution is -2.51. The molecule has 4 rings (SSSR count). The molecule has 4 nitrogen and oxygen atoms in total. The van der Waals surface area contributed by atoms with Gasteiger partial charge in [-0.3, -0.25) is 0 Å². The third kappa shape index (κ3) is 6.57.